The summed E-state index contributed by atoms with van der Waals surface area (Å²) in [6, 6.07) is 3.07. The molecule has 5 nitrogen and oxygen atoms in total. The minimum Gasteiger partial charge on any atom is -0.399 e. The average molecular weight is 408 g/mol. The Morgan fingerprint density at radius 3 is 1.89 bits per heavy atom. The molecule has 1 aromatic rings. The van der Waals surface area contributed by atoms with Gasteiger partial charge in [0.25, 0.3) is 0 Å². The van der Waals surface area contributed by atoms with Gasteiger partial charge in [-0.2, -0.15) is 13.2 Å². The minimum absolute atomic E-state index is 0.0271. The van der Waals surface area contributed by atoms with Gasteiger partial charge in [0.05, 0.1) is 35.3 Å². The Morgan fingerprint density at radius 1 is 1.00 bits per heavy atom. The first-order valence-electron chi connectivity index (χ1n) is 8.73. The molecule has 0 radical (unpaired) electrons. The van der Waals surface area contributed by atoms with Crippen molar-refractivity contribution in [1.82, 2.24) is 0 Å². The van der Waals surface area contributed by atoms with Crippen molar-refractivity contribution in [3.63, 3.8) is 0 Å². The van der Waals surface area contributed by atoms with Crippen LogP contribution in [-0.4, -0.2) is 31.5 Å². The molecule has 1 aliphatic heterocycles. The maximum atomic E-state index is 13.4. The molecule has 0 bridgehead atoms. The van der Waals surface area contributed by atoms with Crippen LogP contribution in [-0.2, 0) is 29.1 Å². The van der Waals surface area contributed by atoms with Crippen LogP contribution >= 0.6 is 7.60 Å². The zero-order valence-electron chi connectivity index (χ0n) is 16.3. The third-order valence-corrected chi connectivity index (χ3v) is 6.79. The van der Waals surface area contributed by atoms with Gasteiger partial charge in [0.1, 0.15) is 0 Å². The van der Waals surface area contributed by atoms with E-state index in [2.05, 4.69) is 0 Å². The van der Waals surface area contributed by atoms with Crippen molar-refractivity contribution in [3.05, 3.63) is 23.8 Å². The van der Waals surface area contributed by atoms with E-state index in [4.69, 9.17) is 18.4 Å². The van der Waals surface area contributed by atoms with Gasteiger partial charge in [-0.3, -0.25) is 4.57 Å². The number of hydrogen-bond donors (Lipinski definition) is 0. The smallest absolute Gasteiger partial charge is 0.399 e. The highest BCUT2D eigenvalue weighted by atomic mass is 31.2. The van der Waals surface area contributed by atoms with Crippen LogP contribution in [0.15, 0.2) is 18.2 Å². The van der Waals surface area contributed by atoms with E-state index in [0.29, 0.717) is 0 Å². The van der Waals surface area contributed by atoms with Gasteiger partial charge >= 0.3 is 20.9 Å². The summed E-state index contributed by atoms with van der Waals surface area (Å²) in [4.78, 5) is 0. The number of rotatable bonds is 6. The number of halogens is 3. The van der Waals surface area contributed by atoms with Crippen LogP contribution in [0.5, 0.6) is 0 Å². The van der Waals surface area contributed by atoms with E-state index in [1.54, 1.807) is 41.5 Å². The Labute approximate surface area is 158 Å². The van der Waals surface area contributed by atoms with Crippen LogP contribution in [0.1, 0.15) is 47.1 Å². The van der Waals surface area contributed by atoms with E-state index in [-0.39, 0.29) is 24.0 Å². The van der Waals surface area contributed by atoms with E-state index >= 15 is 0 Å². The molecule has 1 fully saturated rings. The normalized spacial score (nSPS) is 19.5. The molecule has 2 rings (SSSR count). The molecule has 152 valence electrons. The maximum absolute atomic E-state index is 13.4. The van der Waals surface area contributed by atoms with E-state index < -0.39 is 37.7 Å². The second kappa shape index (κ2) is 7.52. The molecule has 0 aliphatic carbocycles. The Morgan fingerprint density at radius 2 is 1.48 bits per heavy atom. The Balaban J connectivity index is 2.58. The summed E-state index contributed by atoms with van der Waals surface area (Å²) < 4.78 is 75.5. The lowest BCUT2D eigenvalue weighted by molar-refractivity contribution is -0.137. The van der Waals surface area contributed by atoms with Crippen LogP contribution < -0.4 is 10.8 Å². The van der Waals surface area contributed by atoms with Crippen LogP contribution in [0.4, 0.5) is 13.2 Å². The first kappa shape index (κ1) is 22.4. The summed E-state index contributed by atoms with van der Waals surface area (Å²) in [5.41, 5.74) is -2.31. The van der Waals surface area contributed by atoms with Gasteiger partial charge < -0.3 is 18.4 Å². The third kappa shape index (κ3) is 4.59. The predicted octanol–water partition coefficient (Wildman–Crippen LogP) is 3.90. The van der Waals surface area contributed by atoms with E-state index in [1.165, 1.54) is 6.07 Å². The molecule has 1 aliphatic rings. The summed E-state index contributed by atoms with van der Waals surface area (Å²) in [5, 5.41) is -0.175. The van der Waals surface area contributed by atoms with Gasteiger partial charge in [-0.15, -0.1) is 0 Å². The monoisotopic (exact) mass is 408 g/mol. The Bertz CT molecular complexity index is 710. The molecule has 10 heteroatoms. The summed E-state index contributed by atoms with van der Waals surface area (Å²) in [6.07, 6.45) is -4.64. The second-order valence-corrected chi connectivity index (χ2v) is 9.26. The molecule has 0 saturated carbocycles. The van der Waals surface area contributed by atoms with Gasteiger partial charge in [0.2, 0.25) is 0 Å². The summed E-state index contributed by atoms with van der Waals surface area (Å²) in [6.45, 7) is 10.4. The second-order valence-electron chi connectivity index (χ2n) is 7.23. The van der Waals surface area contributed by atoms with Crippen LogP contribution in [0, 0.1) is 0 Å². The molecule has 0 amide bonds. The van der Waals surface area contributed by atoms with E-state index in [0.717, 1.165) is 12.1 Å². The molecule has 1 aromatic carbocycles. The fraction of sp³-hybridized carbons (Fsp3) is 0.647. The molecule has 0 spiro atoms. The molecule has 1 heterocycles. The van der Waals surface area contributed by atoms with Crippen LogP contribution in [0.2, 0.25) is 0 Å². The molecule has 0 atom stereocenters. The largest absolute Gasteiger partial charge is 0.494 e. The first-order valence-corrected chi connectivity index (χ1v) is 10.3. The van der Waals surface area contributed by atoms with E-state index in [9.17, 15) is 17.7 Å². The highest BCUT2D eigenvalue weighted by Crippen LogP contribution is 2.47. The first-order chi connectivity index (χ1) is 12.3. The van der Waals surface area contributed by atoms with Crippen molar-refractivity contribution in [2.45, 2.75) is 58.9 Å². The zero-order chi connectivity index (χ0) is 20.7. The van der Waals surface area contributed by atoms with Crippen molar-refractivity contribution in [3.8, 4) is 0 Å². The number of hydrogen-bond acceptors (Lipinski definition) is 5. The molecular formula is C17H25BF3O5P. The Hall–Kier alpha value is -0.855. The fourth-order valence-corrected chi connectivity index (χ4v) is 4.25. The SMILES string of the molecule is CCOP(=O)(OCC)c1cc(B2OC(C)(C)C(C)(C)O2)cc(C(F)(F)F)c1. The molecule has 0 unspecified atom stereocenters. The molecule has 0 aromatic heterocycles. The van der Waals surface area contributed by atoms with Crippen molar-refractivity contribution >= 4 is 25.5 Å². The zero-order valence-corrected chi connectivity index (χ0v) is 17.2. The van der Waals surface area contributed by atoms with Crippen LogP contribution in [0.25, 0.3) is 0 Å². The van der Waals surface area contributed by atoms with Gasteiger partial charge in [-0.05, 0) is 59.1 Å². The molecule has 1 saturated heterocycles. The van der Waals surface area contributed by atoms with Crippen molar-refractivity contribution in [1.29, 1.82) is 0 Å². The lowest BCUT2D eigenvalue weighted by Crippen LogP contribution is -2.41. The lowest BCUT2D eigenvalue weighted by Gasteiger charge is -2.32. The summed E-state index contributed by atoms with van der Waals surface area (Å²) >= 11 is 0. The summed E-state index contributed by atoms with van der Waals surface area (Å²) in [5.74, 6) is 0. The maximum Gasteiger partial charge on any atom is 0.494 e. The topological polar surface area (TPSA) is 54.0 Å². The predicted molar refractivity (Wildman–Crippen MR) is 97.7 cm³/mol. The van der Waals surface area contributed by atoms with Gasteiger partial charge in [-0.25, -0.2) is 0 Å². The molecule has 0 N–H and O–H groups in total. The highest BCUT2D eigenvalue weighted by molar-refractivity contribution is 7.62. The van der Waals surface area contributed by atoms with Crippen molar-refractivity contribution in [2.24, 2.45) is 0 Å². The lowest BCUT2D eigenvalue weighted by atomic mass is 9.78. The minimum atomic E-state index is -4.64. The molecular weight excluding hydrogens is 383 g/mol. The fourth-order valence-electron chi connectivity index (χ4n) is 2.60. The third-order valence-electron chi connectivity index (χ3n) is 4.71. The highest BCUT2D eigenvalue weighted by Gasteiger charge is 2.52. The van der Waals surface area contributed by atoms with Crippen molar-refractivity contribution in [2.75, 3.05) is 13.2 Å². The van der Waals surface area contributed by atoms with E-state index in [1.807, 2.05) is 0 Å². The number of alkyl halides is 3. The molecule has 27 heavy (non-hydrogen) atoms. The Kier molecular flexibility index (Phi) is 6.25. The van der Waals surface area contributed by atoms with Crippen LogP contribution in [0.3, 0.4) is 0 Å². The average Bonchev–Trinajstić information content (AvgIpc) is 2.75. The quantitative estimate of drug-likeness (QED) is 0.528. The van der Waals surface area contributed by atoms with Gasteiger partial charge in [0, 0.05) is 0 Å². The standard InChI is InChI=1S/C17H25BF3O5P/c1-7-23-27(22,24-8-2)14-10-12(17(19,20)21)9-13(11-14)18-25-15(3,4)16(5,6)26-18/h9-11H,7-8H2,1-6H3. The van der Waals surface area contributed by atoms with Gasteiger partial charge in [0.15, 0.2) is 0 Å². The van der Waals surface area contributed by atoms with Gasteiger partial charge in [-0.1, -0.05) is 6.07 Å². The van der Waals surface area contributed by atoms with Crippen molar-refractivity contribution < 1.29 is 36.1 Å². The number of benzene rings is 1. The summed E-state index contributed by atoms with van der Waals surface area (Å²) in [7, 11) is -4.95.